The van der Waals surface area contributed by atoms with E-state index in [0.29, 0.717) is 5.75 Å². The number of carboxylic acid groups (broad SMARTS) is 1. The van der Waals surface area contributed by atoms with Gasteiger partial charge in [0.2, 0.25) is 0 Å². The van der Waals surface area contributed by atoms with Gasteiger partial charge in [0.25, 0.3) is 0 Å². The number of ether oxygens (including phenoxy) is 1. The Morgan fingerprint density at radius 2 is 1.81 bits per heavy atom. The van der Waals surface area contributed by atoms with Crippen molar-refractivity contribution in [2.45, 2.75) is 38.6 Å². The first-order valence-electron chi connectivity index (χ1n) is 6.37. The number of rotatable bonds is 6. The highest BCUT2D eigenvalue weighted by atomic mass is 19.4. The third-order valence-corrected chi connectivity index (χ3v) is 2.87. The predicted octanol–water partition coefficient (Wildman–Crippen LogP) is 2.93. The molecular weight excluding hydrogens is 287 g/mol. The SMILES string of the molecule is CC(C)Oc1ccc(C(C)(NCC(F)(F)F)C(=O)O)cc1. The highest BCUT2D eigenvalue weighted by molar-refractivity contribution is 5.80. The van der Waals surface area contributed by atoms with Crippen molar-refractivity contribution in [3.05, 3.63) is 29.8 Å². The second-order valence-corrected chi connectivity index (χ2v) is 5.09. The molecule has 0 saturated carbocycles. The molecule has 21 heavy (non-hydrogen) atoms. The Morgan fingerprint density at radius 3 is 2.19 bits per heavy atom. The molecule has 4 nitrogen and oxygen atoms in total. The lowest BCUT2D eigenvalue weighted by atomic mass is 9.92. The van der Waals surface area contributed by atoms with Crippen LogP contribution in [-0.4, -0.2) is 29.9 Å². The van der Waals surface area contributed by atoms with Crippen molar-refractivity contribution < 1.29 is 27.8 Å². The predicted molar refractivity (Wildman–Crippen MR) is 71.3 cm³/mol. The van der Waals surface area contributed by atoms with Gasteiger partial charge in [-0.05, 0) is 38.5 Å². The largest absolute Gasteiger partial charge is 0.491 e. The second kappa shape index (κ2) is 6.34. The molecule has 0 aromatic heterocycles. The van der Waals surface area contributed by atoms with E-state index in [-0.39, 0.29) is 11.7 Å². The first kappa shape index (κ1) is 17.3. The van der Waals surface area contributed by atoms with E-state index in [9.17, 15) is 23.1 Å². The Bertz CT molecular complexity index is 485. The van der Waals surface area contributed by atoms with E-state index in [1.807, 2.05) is 19.2 Å². The molecule has 2 N–H and O–H groups in total. The molecule has 0 spiro atoms. The van der Waals surface area contributed by atoms with Gasteiger partial charge in [0, 0.05) is 0 Å². The van der Waals surface area contributed by atoms with Gasteiger partial charge in [-0.1, -0.05) is 12.1 Å². The molecule has 0 saturated heterocycles. The standard InChI is InChI=1S/C14H18F3NO3/c1-9(2)21-11-6-4-10(5-7-11)13(3,12(19)20)18-8-14(15,16)17/h4-7,9,18H,8H2,1-3H3,(H,19,20). The molecule has 0 radical (unpaired) electrons. The van der Waals surface area contributed by atoms with E-state index in [1.165, 1.54) is 31.2 Å². The molecule has 1 aromatic carbocycles. The molecule has 118 valence electrons. The summed E-state index contributed by atoms with van der Waals surface area (Å²) in [6.45, 7) is 3.47. The summed E-state index contributed by atoms with van der Waals surface area (Å²) in [7, 11) is 0. The number of hydrogen-bond donors (Lipinski definition) is 2. The smallest absolute Gasteiger partial charge is 0.401 e. The van der Waals surface area contributed by atoms with Crippen LogP contribution in [0.5, 0.6) is 5.75 Å². The molecular formula is C14H18F3NO3. The number of nitrogens with one attached hydrogen (secondary N) is 1. The maximum atomic E-state index is 12.3. The lowest BCUT2D eigenvalue weighted by molar-refractivity contribution is -0.150. The summed E-state index contributed by atoms with van der Waals surface area (Å²) in [5, 5.41) is 11.3. The molecule has 7 heteroatoms. The van der Waals surface area contributed by atoms with Crippen LogP contribution in [0.25, 0.3) is 0 Å². The van der Waals surface area contributed by atoms with Crippen molar-refractivity contribution in [1.29, 1.82) is 0 Å². The van der Waals surface area contributed by atoms with E-state index < -0.39 is 24.2 Å². The lowest BCUT2D eigenvalue weighted by Crippen LogP contribution is -2.50. The fourth-order valence-electron chi connectivity index (χ4n) is 1.72. The summed E-state index contributed by atoms with van der Waals surface area (Å²) in [4.78, 5) is 11.3. The van der Waals surface area contributed by atoms with Crippen LogP contribution in [0.2, 0.25) is 0 Å². The minimum absolute atomic E-state index is 0.0509. The van der Waals surface area contributed by atoms with Gasteiger partial charge in [-0.15, -0.1) is 0 Å². The third-order valence-electron chi connectivity index (χ3n) is 2.87. The van der Waals surface area contributed by atoms with Gasteiger partial charge in [0.15, 0.2) is 0 Å². The summed E-state index contributed by atoms with van der Waals surface area (Å²) in [6.07, 6.45) is -4.54. The van der Waals surface area contributed by atoms with Crippen LogP contribution < -0.4 is 10.1 Å². The minimum atomic E-state index is -4.49. The maximum Gasteiger partial charge on any atom is 0.401 e. The quantitative estimate of drug-likeness (QED) is 0.848. The molecule has 0 heterocycles. The van der Waals surface area contributed by atoms with Crippen LogP contribution in [0.1, 0.15) is 26.3 Å². The number of carbonyl (C=O) groups is 1. The summed E-state index contributed by atoms with van der Waals surface area (Å²) < 4.78 is 42.3. The van der Waals surface area contributed by atoms with Crippen molar-refractivity contribution >= 4 is 5.97 Å². The second-order valence-electron chi connectivity index (χ2n) is 5.09. The molecule has 1 aromatic rings. The summed E-state index contributed by atoms with van der Waals surface area (Å²) in [5.41, 5.74) is -1.61. The summed E-state index contributed by atoms with van der Waals surface area (Å²) in [6, 6.07) is 5.95. The highest BCUT2D eigenvalue weighted by Crippen LogP contribution is 2.26. The molecule has 1 atom stereocenters. The Hall–Kier alpha value is -1.76. The van der Waals surface area contributed by atoms with Gasteiger partial charge in [-0.3, -0.25) is 5.32 Å². The van der Waals surface area contributed by atoms with Crippen LogP contribution in [0.3, 0.4) is 0 Å². The van der Waals surface area contributed by atoms with Crippen LogP contribution in [0.4, 0.5) is 13.2 Å². The Balaban J connectivity index is 2.97. The van der Waals surface area contributed by atoms with Gasteiger partial charge in [-0.25, -0.2) is 4.79 Å². The van der Waals surface area contributed by atoms with E-state index in [1.54, 1.807) is 0 Å². The average Bonchev–Trinajstić information content (AvgIpc) is 2.35. The number of hydrogen-bond acceptors (Lipinski definition) is 3. The van der Waals surface area contributed by atoms with E-state index >= 15 is 0 Å². The van der Waals surface area contributed by atoms with Crippen LogP contribution in [0.15, 0.2) is 24.3 Å². The first-order valence-corrected chi connectivity index (χ1v) is 6.37. The molecule has 1 unspecified atom stereocenters. The van der Waals surface area contributed by atoms with Crippen molar-refractivity contribution in [2.24, 2.45) is 0 Å². The van der Waals surface area contributed by atoms with Crippen molar-refractivity contribution in [3.8, 4) is 5.75 Å². The van der Waals surface area contributed by atoms with Crippen molar-refractivity contribution in [2.75, 3.05) is 6.54 Å². The Morgan fingerprint density at radius 1 is 1.29 bits per heavy atom. The molecule has 0 fully saturated rings. The molecule has 0 aliphatic carbocycles. The number of benzene rings is 1. The van der Waals surface area contributed by atoms with Gasteiger partial charge in [-0.2, -0.15) is 13.2 Å². The fraction of sp³-hybridized carbons (Fsp3) is 0.500. The van der Waals surface area contributed by atoms with Crippen LogP contribution >= 0.6 is 0 Å². The summed E-state index contributed by atoms with van der Waals surface area (Å²) in [5.74, 6) is -0.860. The fourth-order valence-corrected chi connectivity index (χ4v) is 1.72. The monoisotopic (exact) mass is 305 g/mol. The number of carboxylic acids is 1. The van der Waals surface area contributed by atoms with Gasteiger partial charge >= 0.3 is 12.1 Å². The maximum absolute atomic E-state index is 12.3. The zero-order valence-corrected chi connectivity index (χ0v) is 12.0. The summed E-state index contributed by atoms with van der Waals surface area (Å²) >= 11 is 0. The zero-order chi connectivity index (χ0) is 16.3. The van der Waals surface area contributed by atoms with Crippen LogP contribution in [-0.2, 0) is 10.3 Å². The normalized spacial score (nSPS) is 14.8. The van der Waals surface area contributed by atoms with Crippen molar-refractivity contribution in [1.82, 2.24) is 5.32 Å². The van der Waals surface area contributed by atoms with Crippen molar-refractivity contribution in [3.63, 3.8) is 0 Å². The zero-order valence-electron chi connectivity index (χ0n) is 12.0. The Kier molecular flexibility index (Phi) is 5.22. The van der Waals surface area contributed by atoms with E-state index in [4.69, 9.17) is 4.74 Å². The number of alkyl halides is 3. The van der Waals surface area contributed by atoms with Crippen LogP contribution in [0, 0.1) is 0 Å². The molecule has 0 bridgehead atoms. The molecule has 0 aliphatic heterocycles. The van der Waals surface area contributed by atoms with Gasteiger partial charge in [0.05, 0.1) is 12.6 Å². The third kappa shape index (κ3) is 4.93. The average molecular weight is 305 g/mol. The molecule has 1 rings (SSSR count). The molecule has 0 amide bonds. The van der Waals surface area contributed by atoms with E-state index in [0.717, 1.165) is 0 Å². The highest BCUT2D eigenvalue weighted by Gasteiger charge is 2.39. The Labute approximate surface area is 120 Å². The van der Waals surface area contributed by atoms with Gasteiger partial charge < -0.3 is 9.84 Å². The first-order chi connectivity index (χ1) is 9.54. The topological polar surface area (TPSA) is 58.6 Å². The minimum Gasteiger partial charge on any atom is -0.491 e. The lowest BCUT2D eigenvalue weighted by Gasteiger charge is -2.27. The van der Waals surface area contributed by atoms with Gasteiger partial charge in [0.1, 0.15) is 11.3 Å². The number of aliphatic carboxylic acids is 1. The van der Waals surface area contributed by atoms with E-state index in [2.05, 4.69) is 0 Å². The molecule has 0 aliphatic rings. The number of halogens is 3.